The number of furan rings is 1. The maximum Gasteiger partial charge on any atom is 0.316 e. The van der Waals surface area contributed by atoms with E-state index in [2.05, 4.69) is 13.8 Å². The summed E-state index contributed by atoms with van der Waals surface area (Å²) in [6, 6.07) is 1.97. The van der Waals surface area contributed by atoms with E-state index in [4.69, 9.17) is 18.6 Å². The Hall–Kier alpha value is -2.67. The van der Waals surface area contributed by atoms with Gasteiger partial charge in [-0.2, -0.15) is 0 Å². The van der Waals surface area contributed by atoms with Crippen LogP contribution in [0.5, 0.6) is 0 Å². The summed E-state index contributed by atoms with van der Waals surface area (Å²) >= 11 is 0. The van der Waals surface area contributed by atoms with Gasteiger partial charge >= 0.3 is 11.9 Å². The van der Waals surface area contributed by atoms with Crippen LogP contribution in [0.2, 0.25) is 0 Å². The first-order valence-electron chi connectivity index (χ1n) is 12.0. The van der Waals surface area contributed by atoms with Crippen LogP contribution in [0.4, 0.5) is 0 Å². The highest BCUT2D eigenvalue weighted by Gasteiger charge is 2.77. The minimum atomic E-state index is -0.987. The molecular weight excluding hydrogens is 436 g/mol. The lowest BCUT2D eigenvalue weighted by molar-refractivity contribution is -0.190. The molecule has 0 radical (unpaired) electrons. The first-order valence-corrected chi connectivity index (χ1v) is 12.0. The summed E-state index contributed by atoms with van der Waals surface area (Å²) in [5.74, 6) is -1.46. The number of carbonyl (C=O) groups is 3. The van der Waals surface area contributed by atoms with Crippen LogP contribution in [0.3, 0.4) is 0 Å². The molecule has 5 unspecified atom stereocenters. The maximum atomic E-state index is 13.7. The summed E-state index contributed by atoms with van der Waals surface area (Å²) < 4.78 is 23.2. The van der Waals surface area contributed by atoms with Crippen molar-refractivity contribution in [3.05, 3.63) is 47.5 Å². The number of rotatable bonds is 3. The second-order valence-electron chi connectivity index (χ2n) is 11.2. The van der Waals surface area contributed by atoms with Gasteiger partial charge in [0.25, 0.3) is 0 Å². The van der Waals surface area contributed by atoms with E-state index in [9.17, 15) is 14.4 Å². The zero-order valence-corrected chi connectivity index (χ0v) is 20.1. The van der Waals surface area contributed by atoms with Crippen LogP contribution in [0.1, 0.15) is 52.0 Å². The fourth-order valence-corrected chi connectivity index (χ4v) is 8.41. The number of fused-ring (bicyclic) bond motifs is 4. The molecule has 6 rings (SSSR count). The molecule has 0 N–H and O–H groups in total. The molecule has 7 heteroatoms. The highest BCUT2D eigenvalue weighted by Crippen LogP contribution is 2.72. The Balaban J connectivity index is 1.58. The standard InChI is InChI=1S/C27H30O7/c1-13-15(14-7-9-32-12-14)10-16-20(13)27(4)17(11-19(29)31-5)26(3)18(28)6-8-25(2)22(26)21(23(27)33-16)34-24(25)30/h6-9,12,15-17,21-23H,10-11H2,1-5H3/t15?,16?,17-,21?,22?,23?,25-,26+,27-/m1/s1. The number of esters is 2. The summed E-state index contributed by atoms with van der Waals surface area (Å²) in [4.78, 5) is 39.6. The largest absolute Gasteiger partial charge is 0.472 e. The fourth-order valence-electron chi connectivity index (χ4n) is 8.41. The quantitative estimate of drug-likeness (QED) is 0.495. The van der Waals surface area contributed by atoms with Crippen molar-refractivity contribution in [2.75, 3.05) is 7.11 Å². The molecule has 0 bridgehead atoms. The summed E-state index contributed by atoms with van der Waals surface area (Å²) in [7, 11) is 1.37. The lowest BCUT2D eigenvalue weighted by Crippen LogP contribution is -2.66. The van der Waals surface area contributed by atoms with Gasteiger partial charge in [-0.25, -0.2) is 0 Å². The molecule has 1 saturated carbocycles. The van der Waals surface area contributed by atoms with E-state index in [1.807, 2.05) is 19.9 Å². The number of hydrogen-bond donors (Lipinski definition) is 0. The zero-order valence-electron chi connectivity index (χ0n) is 20.1. The van der Waals surface area contributed by atoms with Crippen molar-refractivity contribution < 1.29 is 33.0 Å². The average molecular weight is 467 g/mol. The molecule has 0 spiro atoms. The minimum absolute atomic E-state index is 0.0658. The topological polar surface area (TPSA) is 92.0 Å². The second kappa shape index (κ2) is 6.72. The normalized spacial score (nSPS) is 46.3. The van der Waals surface area contributed by atoms with E-state index in [0.29, 0.717) is 0 Å². The molecule has 180 valence electrons. The van der Waals surface area contributed by atoms with Crippen LogP contribution < -0.4 is 0 Å². The fraction of sp³-hybridized carbons (Fsp3) is 0.593. The first-order chi connectivity index (χ1) is 16.1. The number of carbonyl (C=O) groups excluding carboxylic acids is 3. The van der Waals surface area contributed by atoms with Crippen molar-refractivity contribution in [1.82, 2.24) is 0 Å². The molecule has 2 saturated heterocycles. The van der Waals surface area contributed by atoms with Gasteiger partial charge in [0.1, 0.15) is 12.2 Å². The van der Waals surface area contributed by atoms with Crippen molar-refractivity contribution in [2.24, 2.45) is 28.1 Å². The summed E-state index contributed by atoms with van der Waals surface area (Å²) in [5.41, 5.74) is 0.794. The van der Waals surface area contributed by atoms with Crippen molar-refractivity contribution >= 4 is 17.7 Å². The van der Waals surface area contributed by atoms with Gasteiger partial charge in [-0.05, 0) is 49.5 Å². The molecule has 3 fully saturated rings. The highest BCUT2D eigenvalue weighted by molar-refractivity contribution is 6.00. The number of hydrogen-bond acceptors (Lipinski definition) is 7. The molecule has 3 heterocycles. The molecule has 5 aliphatic rings. The Morgan fingerprint density at radius 1 is 1.21 bits per heavy atom. The van der Waals surface area contributed by atoms with E-state index < -0.39 is 40.3 Å². The zero-order chi connectivity index (χ0) is 24.2. The van der Waals surface area contributed by atoms with Crippen LogP contribution in [0.25, 0.3) is 0 Å². The van der Waals surface area contributed by atoms with Crippen LogP contribution in [0.15, 0.2) is 46.3 Å². The van der Waals surface area contributed by atoms with E-state index in [0.717, 1.165) is 17.6 Å². The van der Waals surface area contributed by atoms with E-state index in [1.54, 1.807) is 18.6 Å². The molecule has 0 amide bonds. The van der Waals surface area contributed by atoms with Gasteiger partial charge in [0.05, 0.1) is 37.6 Å². The summed E-state index contributed by atoms with van der Waals surface area (Å²) in [5, 5.41) is 0. The summed E-state index contributed by atoms with van der Waals surface area (Å²) in [6.07, 6.45) is 6.29. The molecule has 1 aromatic heterocycles. The first kappa shape index (κ1) is 21.8. The predicted octanol–water partition coefficient (Wildman–Crippen LogP) is 3.74. The molecule has 1 aromatic rings. The van der Waals surface area contributed by atoms with E-state index in [-0.39, 0.29) is 36.2 Å². The molecule has 0 aromatic carbocycles. The molecular formula is C27H30O7. The van der Waals surface area contributed by atoms with Gasteiger partial charge in [-0.1, -0.05) is 25.5 Å². The van der Waals surface area contributed by atoms with Gasteiger partial charge < -0.3 is 18.6 Å². The number of ether oxygens (including phenoxy) is 3. The number of ketones is 1. The lowest BCUT2D eigenvalue weighted by atomic mass is 9.42. The third-order valence-electron chi connectivity index (χ3n) is 9.91. The van der Waals surface area contributed by atoms with Gasteiger partial charge in [0, 0.05) is 22.7 Å². The minimum Gasteiger partial charge on any atom is -0.472 e. The van der Waals surface area contributed by atoms with Gasteiger partial charge in [0.2, 0.25) is 0 Å². The maximum absolute atomic E-state index is 13.7. The second-order valence-corrected chi connectivity index (χ2v) is 11.2. The molecule has 7 nitrogen and oxygen atoms in total. The number of methoxy groups -OCH3 is 1. The van der Waals surface area contributed by atoms with Crippen LogP contribution in [0, 0.1) is 28.1 Å². The Morgan fingerprint density at radius 3 is 2.65 bits per heavy atom. The Labute approximate surface area is 198 Å². The van der Waals surface area contributed by atoms with Crippen LogP contribution in [-0.4, -0.2) is 43.1 Å². The van der Waals surface area contributed by atoms with Crippen molar-refractivity contribution in [3.63, 3.8) is 0 Å². The van der Waals surface area contributed by atoms with Crippen molar-refractivity contribution in [3.8, 4) is 0 Å². The van der Waals surface area contributed by atoms with Crippen LogP contribution in [-0.2, 0) is 28.6 Å². The SMILES string of the molecule is COC(=O)C[C@@H]1[C@@]2(C)C(=O)C=C[C@@]3(C)C(=O)OC(C32)C2OC3CC(c4ccoc4)C(C)=C3[C@]21C. The molecule has 3 aliphatic carbocycles. The smallest absolute Gasteiger partial charge is 0.316 e. The predicted molar refractivity (Wildman–Crippen MR) is 119 cm³/mol. The number of allylic oxidation sites excluding steroid dienone is 2. The average Bonchev–Trinajstić information content (AvgIpc) is 3.54. The van der Waals surface area contributed by atoms with E-state index in [1.165, 1.54) is 18.8 Å². The van der Waals surface area contributed by atoms with Crippen molar-refractivity contribution in [2.45, 2.75) is 64.8 Å². The van der Waals surface area contributed by atoms with E-state index >= 15 is 0 Å². The monoisotopic (exact) mass is 466 g/mol. The lowest BCUT2D eigenvalue weighted by Gasteiger charge is -2.59. The molecule has 9 atom stereocenters. The third-order valence-corrected chi connectivity index (χ3v) is 9.91. The third kappa shape index (κ3) is 2.34. The van der Waals surface area contributed by atoms with Crippen molar-refractivity contribution in [1.29, 1.82) is 0 Å². The Bertz CT molecular complexity index is 1160. The highest BCUT2D eigenvalue weighted by atomic mass is 16.6. The Kier molecular flexibility index (Phi) is 4.31. The van der Waals surface area contributed by atoms with Gasteiger partial charge in [0.15, 0.2) is 5.78 Å². The Morgan fingerprint density at radius 2 is 1.97 bits per heavy atom. The van der Waals surface area contributed by atoms with Gasteiger partial charge in [-0.3, -0.25) is 14.4 Å². The molecule has 2 aliphatic heterocycles. The summed E-state index contributed by atoms with van der Waals surface area (Å²) in [6.45, 7) is 7.96. The van der Waals surface area contributed by atoms with Crippen LogP contribution >= 0.6 is 0 Å². The molecule has 34 heavy (non-hydrogen) atoms. The van der Waals surface area contributed by atoms with Gasteiger partial charge in [-0.15, -0.1) is 0 Å².